The molecular weight excluding hydrogens is 428 g/mol. The van der Waals surface area contributed by atoms with E-state index >= 15 is 0 Å². The molecule has 1 aliphatic heterocycles. The van der Waals surface area contributed by atoms with Gasteiger partial charge >= 0.3 is 5.97 Å². The van der Waals surface area contributed by atoms with Gasteiger partial charge in [-0.25, -0.2) is 4.79 Å². The molecule has 4 aliphatic carbocycles. The van der Waals surface area contributed by atoms with Crippen LogP contribution < -0.4 is 0 Å². The van der Waals surface area contributed by atoms with E-state index in [9.17, 15) is 30.3 Å². The van der Waals surface area contributed by atoms with Crippen molar-refractivity contribution in [1.82, 2.24) is 0 Å². The van der Waals surface area contributed by atoms with E-state index in [-0.39, 0.29) is 17.6 Å². The monoisotopic (exact) mass is 468 g/mol. The maximum absolute atomic E-state index is 11.5. The highest BCUT2D eigenvalue weighted by Gasteiger charge is 2.61. The molecule has 0 bridgehead atoms. The first-order valence-corrected chi connectivity index (χ1v) is 12.8. The van der Waals surface area contributed by atoms with E-state index in [1.807, 2.05) is 0 Å². The molecule has 8 nitrogen and oxygen atoms in total. The van der Waals surface area contributed by atoms with Crippen LogP contribution in [-0.2, 0) is 14.3 Å². The number of fused-ring (bicyclic) bond motifs is 5. The van der Waals surface area contributed by atoms with Gasteiger partial charge in [0.15, 0.2) is 12.4 Å². The van der Waals surface area contributed by atoms with E-state index in [1.54, 1.807) is 0 Å². The van der Waals surface area contributed by atoms with Gasteiger partial charge in [0.1, 0.15) is 18.3 Å². The topological polar surface area (TPSA) is 137 Å². The number of carboxylic acids is 1. The molecule has 5 aliphatic rings. The first-order valence-electron chi connectivity index (χ1n) is 12.8. The van der Waals surface area contributed by atoms with E-state index in [4.69, 9.17) is 9.47 Å². The van der Waals surface area contributed by atoms with Crippen molar-refractivity contribution in [2.24, 2.45) is 34.5 Å². The summed E-state index contributed by atoms with van der Waals surface area (Å²) in [5.41, 5.74) is 0.196. The Balaban J connectivity index is 1.32. The highest BCUT2D eigenvalue weighted by Crippen LogP contribution is 2.66. The molecule has 33 heavy (non-hydrogen) atoms. The van der Waals surface area contributed by atoms with Crippen LogP contribution >= 0.6 is 0 Å². The average molecular weight is 469 g/mol. The molecule has 1 saturated heterocycles. The Morgan fingerprint density at radius 2 is 1.55 bits per heavy atom. The van der Waals surface area contributed by atoms with E-state index in [0.29, 0.717) is 29.1 Å². The van der Waals surface area contributed by atoms with Gasteiger partial charge in [0, 0.05) is 0 Å². The summed E-state index contributed by atoms with van der Waals surface area (Å²) in [6.45, 7) is 4.72. The fourth-order valence-electron chi connectivity index (χ4n) is 8.74. The van der Waals surface area contributed by atoms with Crippen LogP contribution in [0.1, 0.15) is 71.6 Å². The van der Waals surface area contributed by atoms with Crippen LogP contribution in [0.3, 0.4) is 0 Å². The summed E-state index contributed by atoms with van der Waals surface area (Å²) >= 11 is 0. The second-order valence-corrected chi connectivity index (χ2v) is 12.1. The second kappa shape index (κ2) is 8.42. The van der Waals surface area contributed by atoms with E-state index in [2.05, 4.69) is 13.8 Å². The summed E-state index contributed by atoms with van der Waals surface area (Å²) in [7, 11) is 0. The molecule has 5 N–H and O–H groups in total. The zero-order valence-electron chi connectivity index (χ0n) is 19.7. The molecule has 13 atom stereocenters. The Hall–Kier alpha value is -0.770. The van der Waals surface area contributed by atoms with Crippen LogP contribution in [0.15, 0.2) is 0 Å². The van der Waals surface area contributed by atoms with Crippen molar-refractivity contribution in [3.8, 4) is 0 Å². The third kappa shape index (κ3) is 3.67. The number of rotatable bonds is 3. The first kappa shape index (κ1) is 23.9. The molecule has 0 radical (unpaired) electrons. The number of carbonyl (C=O) groups is 1. The molecule has 5 fully saturated rings. The molecule has 188 valence electrons. The van der Waals surface area contributed by atoms with Crippen LogP contribution in [0.2, 0.25) is 0 Å². The lowest BCUT2D eigenvalue weighted by atomic mass is 9.45. The lowest BCUT2D eigenvalue weighted by Gasteiger charge is -2.61. The third-order valence-corrected chi connectivity index (χ3v) is 10.7. The second-order valence-electron chi connectivity index (χ2n) is 12.1. The molecule has 0 aromatic carbocycles. The number of ether oxygens (including phenoxy) is 2. The summed E-state index contributed by atoms with van der Waals surface area (Å²) in [5.74, 6) is 0.987. The fourth-order valence-corrected chi connectivity index (χ4v) is 8.74. The van der Waals surface area contributed by atoms with E-state index in [0.717, 1.165) is 44.9 Å². The minimum Gasteiger partial charge on any atom is -0.479 e. The molecule has 8 heteroatoms. The maximum Gasteiger partial charge on any atom is 0.335 e. The largest absolute Gasteiger partial charge is 0.479 e. The van der Waals surface area contributed by atoms with Gasteiger partial charge in [-0.05, 0) is 92.3 Å². The summed E-state index contributed by atoms with van der Waals surface area (Å²) in [5, 5.41) is 50.2. The number of hydrogen-bond donors (Lipinski definition) is 5. The quantitative estimate of drug-likeness (QED) is 0.422. The van der Waals surface area contributed by atoms with Gasteiger partial charge in [-0.2, -0.15) is 0 Å². The zero-order valence-corrected chi connectivity index (χ0v) is 19.7. The highest BCUT2D eigenvalue weighted by molar-refractivity contribution is 5.73. The van der Waals surface area contributed by atoms with Crippen molar-refractivity contribution in [2.75, 3.05) is 0 Å². The number of carboxylic acid groups (broad SMARTS) is 1. The average Bonchev–Trinajstić information content (AvgIpc) is 3.10. The third-order valence-electron chi connectivity index (χ3n) is 10.7. The SMILES string of the molecule is C[C@]12CC[C@H]3[C@@H](CCC4C[C@H](O)CC[C@@]43C)[C@@H]1CC[C@@H]2OC1O[C@H](C(=O)O)[C@@H](O)[C@H](O)[C@H]1O. The predicted molar refractivity (Wildman–Crippen MR) is 117 cm³/mol. The van der Waals surface area contributed by atoms with Gasteiger partial charge < -0.3 is 35.0 Å². The maximum atomic E-state index is 11.5. The zero-order chi connectivity index (χ0) is 23.7. The molecule has 0 amide bonds. The summed E-state index contributed by atoms with van der Waals surface area (Å²) in [6.07, 6.45) is 1.15. The van der Waals surface area contributed by atoms with Crippen LogP contribution in [0, 0.1) is 34.5 Å². The normalized spacial score (nSPS) is 56.5. The predicted octanol–water partition coefficient (Wildman–Crippen LogP) is 1.67. The number of aliphatic hydroxyl groups excluding tert-OH is 4. The van der Waals surface area contributed by atoms with Gasteiger partial charge in [-0.1, -0.05) is 13.8 Å². The lowest BCUT2D eigenvalue weighted by Crippen LogP contribution is -2.61. The van der Waals surface area contributed by atoms with E-state index < -0.39 is 36.7 Å². The Morgan fingerprint density at radius 1 is 0.848 bits per heavy atom. The molecule has 0 spiro atoms. The molecule has 2 unspecified atom stereocenters. The molecular formula is C25H40O8. The van der Waals surface area contributed by atoms with Crippen molar-refractivity contribution in [2.45, 2.75) is 115 Å². The van der Waals surface area contributed by atoms with Gasteiger partial charge in [0.2, 0.25) is 0 Å². The Labute approximate surface area is 195 Å². The molecule has 4 saturated carbocycles. The fraction of sp³-hybridized carbons (Fsp3) is 0.960. The van der Waals surface area contributed by atoms with Crippen molar-refractivity contribution in [1.29, 1.82) is 0 Å². The van der Waals surface area contributed by atoms with Gasteiger partial charge in [-0.3, -0.25) is 0 Å². The summed E-state index contributed by atoms with van der Waals surface area (Å²) in [4.78, 5) is 11.5. The van der Waals surface area contributed by atoms with Crippen LogP contribution in [0.5, 0.6) is 0 Å². The minimum atomic E-state index is -1.70. The molecule has 0 aromatic rings. The van der Waals surface area contributed by atoms with Crippen molar-refractivity contribution in [3.05, 3.63) is 0 Å². The number of aliphatic hydroxyl groups is 4. The number of aliphatic carboxylic acids is 1. The van der Waals surface area contributed by atoms with Crippen molar-refractivity contribution < 1.29 is 39.8 Å². The van der Waals surface area contributed by atoms with Crippen LogP contribution in [0.25, 0.3) is 0 Å². The molecule has 0 aromatic heterocycles. The van der Waals surface area contributed by atoms with Crippen molar-refractivity contribution >= 4 is 5.97 Å². The standard InChI is InChI=1S/C25H40O8/c1-24-9-7-13(26)11-12(24)3-4-14-15-5-6-17(25(15,2)10-8-16(14)24)32-23-20(29)18(27)19(28)21(33-23)22(30)31/h12-21,23,26-29H,3-11H2,1-2H3,(H,30,31)/t12?,13-,14+,15+,16+,17+,18+,19+,20-,21+,23?,24+,25+/m1/s1. The minimum absolute atomic E-state index is 0.0959. The van der Waals surface area contributed by atoms with Crippen LogP contribution in [-0.4, -0.2) is 74.4 Å². The summed E-state index contributed by atoms with van der Waals surface area (Å²) in [6, 6.07) is 0. The van der Waals surface area contributed by atoms with Crippen LogP contribution in [0.4, 0.5) is 0 Å². The summed E-state index contributed by atoms with van der Waals surface area (Å²) < 4.78 is 11.6. The highest BCUT2D eigenvalue weighted by atomic mass is 16.7. The Kier molecular flexibility index (Phi) is 6.11. The van der Waals surface area contributed by atoms with E-state index in [1.165, 1.54) is 12.8 Å². The van der Waals surface area contributed by atoms with Gasteiger partial charge in [0.25, 0.3) is 0 Å². The Bertz CT molecular complexity index is 761. The smallest absolute Gasteiger partial charge is 0.335 e. The number of hydrogen-bond acceptors (Lipinski definition) is 7. The first-order chi connectivity index (χ1) is 15.6. The molecule has 5 rings (SSSR count). The van der Waals surface area contributed by atoms with Crippen molar-refractivity contribution in [3.63, 3.8) is 0 Å². The van der Waals surface area contributed by atoms with Gasteiger partial charge in [-0.15, -0.1) is 0 Å². The molecule has 1 heterocycles. The lowest BCUT2D eigenvalue weighted by molar-refractivity contribution is -0.313. The Morgan fingerprint density at radius 3 is 2.27 bits per heavy atom. The van der Waals surface area contributed by atoms with Gasteiger partial charge in [0.05, 0.1) is 12.2 Å².